The zero-order valence-electron chi connectivity index (χ0n) is 9.32. The van der Waals surface area contributed by atoms with E-state index in [0.29, 0.717) is 13.0 Å². The lowest BCUT2D eigenvalue weighted by molar-refractivity contribution is 0.326. The Labute approximate surface area is 103 Å². The van der Waals surface area contributed by atoms with Crippen LogP contribution in [-0.2, 0) is 13.7 Å². The minimum absolute atomic E-state index is 0.264. The lowest BCUT2D eigenvalue weighted by Gasteiger charge is -2.27. The first kappa shape index (κ1) is 18.2. The van der Waals surface area contributed by atoms with Gasteiger partial charge in [0.2, 0.25) is 0 Å². The fraction of sp³-hybridized carbons (Fsp3) is 0.667. The SMILES string of the molecule is CC(C=CCCP(=O)(O)O)(P(=O)(O)O)P(=O)(O)O. The molecule has 12 heteroatoms. The summed E-state index contributed by atoms with van der Waals surface area (Å²) < 4.78 is 32.7. The highest BCUT2D eigenvalue weighted by molar-refractivity contribution is 7.72. The third-order valence-corrected chi connectivity index (χ3v) is 7.26. The first-order valence-electron chi connectivity index (χ1n) is 4.54. The zero-order chi connectivity index (χ0) is 14.8. The van der Waals surface area contributed by atoms with Gasteiger partial charge in [-0.2, -0.15) is 0 Å². The minimum Gasteiger partial charge on any atom is -0.324 e. The fourth-order valence-electron chi connectivity index (χ4n) is 0.913. The largest absolute Gasteiger partial charge is 0.347 e. The molecule has 18 heavy (non-hydrogen) atoms. The molecule has 0 aliphatic rings. The summed E-state index contributed by atoms with van der Waals surface area (Å²) >= 11 is 0. The Morgan fingerprint density at radius 3 is 1.61 bits per heavy atom. The number of hydrogen-bond donors (Lipinski definition) is 6. The maximum absolute atomic E-state index is 11.1. The summed E-state index contributed by atoms with van der Waals surface area (Å²) in [5.41, 5.74) is 0. The molecule has 0 atom stereocenters. The van der Waals surface area contributed by atoms with Crippen molar-refractivity contribution in [3.63, 3.8) is 0 Å². The summed E-state index contributed by atoms with van der Waals surface area (Å²) in [6.07, 6.45) is 0.684. The molecule has 0 spiro atoms. The van der Waals surface area contributed by atoms with E-state index in [4.69, 9.17) is 29.4 Å². The van der Waals surface area contributed by atoms with Gasteiger partial charge in [-0.3, -0.25) is 13.7 Å². The standard InChI is InChI=1S/C6H15O9P3/c1-6(17(10,11)12,18(13,14)15)4-2-3-5-16(7,8)9/h2,4H,3,5H2,1H3,(H2,7,8,9)(H2,10,11,12)(H2,13,14,15). The summed E-state index contributed by atoms with van der Waals surface area (Å²) in [5, 5.41) is 0. The molecule has 0 aliphatic carbocycles. The molecule has 0 aromatic carbocycles. The van der Waals surface area contributed by atoms with Crippen LogP contribution in [0.1, 0.15) is 13.3 Å². The molecule has 108 valence electrons. The number of rotatable bonds is 6. The Hall–Kier alpha value is 0.190. The molecule has 0 aromatic rings. The first-order chi connectivity index (χ1) is 7.71. The van der Waals surface area contributed by atoms with E-state index in [0.717, 1.165) is 6.08 Å². The Morgan fingerprint density at radius 2 is 1.33 bits per heavy atom. The molecule has 0 bridgehead atoms. The predicted octanol–water partition coefficient (Wildman–Crippen LogP) is 0.182. The molecule has 0 rings (SSSR count). The number of hydrogen-bond acceptors (Lipinski definition) is 3. The molecule has 0 radical (unpaired) electrons. The van der Waals surface area contributed by atoms with Gasteiger partial charge in [0.25, 0.3) is 0 Å². The van der Waals surface area contributed by atoms with Gasteiger partial charge >= 0.3 is 22.8 Å². The van der Waals surface area contributed by atoms with Crippen LogP contribution in [0.3, 0.4) is 0 Å². The average molecular weight is 324 g/mol. The van der Waals surface area contributed by atoms with Crippen LogP contribution in [0, 0.1) is 0 Å². The molecule has 9 nitrogen and oxygen atoms in total. The van der Waals surface area contributed by atoms with E-state index in [-0.39, 0.29) is 6.42 Å². The van der Waals surface area contributed by atoms with E-state index in [1.165, 1.54) is 0 Å². The molecule has 6 N–H and O–H groups in total. The van der Waals surface area contributed by atoms with Crippen molar-refractivity contribution in [3.8, 4) is 0 Å². The molecule has 0 saturated heterocycles. The number of allylic oxidation sites excluding steroid dienone is 2. The highest BCUT2D eigenvalue weighted by atomic mass is 31.2. The summed E-state index contributed by atoms with van der Waals surface area (Å²) in [7, 11) is -14.5. The third kappa shape index (κ3) is 5.05. The molecule has 0 aromatic heterocycles. The Bertz CT molecular complexity index is 429. The highest BCUT2D eigenvalue weighted by Gasteiger charge is 2.54. The van der Waals surface area contributed by atoms with E-state index in [1.807, 2.05) is 0 Å². The first-order valence-corrected chi connectivity index (χ1v) is 9.56. The summed E-state index contributed by atoms with van der Waals surface area (Å²) in [6.45, 7) is 0.683. The van der Waals surface area contributed by atoms with Gasteiger partial charge in [0.05, 0.1) is 6.16 Å². The van der Waals surface area contributed by atoms with E-state index in [2.05, 4.69) is 0 Å². The van der Waals surface area contributed by atoms with Crippen LogP contribution in [0.15, 0.2) is 12.2 Å². The van der Waals surface area contributed by atoms with Gasteiger partial charge in [0.1, 0.15) is 0 Å². The molecule has 0 heterocycles. The van der Waals surface area contributed by atoms with E-state index in [1.54, 1.807) is 0 Å². The lowest BCUT2D eigenvalue weighted by atomic mass is 10.3. The van der Waals surface area contributed by atoms with E-state index < -0.39 is 33.8 Å². The van der Waals surface area contributed by atoms with Gasteiger partial charge in [0.15, 0.2) is 4.90 Å². The van der Waals surface area contributed by atoms with Crippen LogP contribution < -0.4 is 0 Å². The second kappa shape index (κ2) is 5.67. The quantitative estimate of drug-likeness (QED) is 0.294. The Kier molecular flexibility index (Phi) is 5.73. The van der Waals surface area contributed by atoms with Crippen LogP contribution in [0.5, 0.6) is 0 Å². The van der Waals surface area contributed by atoms with Crippen molar-refractivity contribution in [1.29, 1.82) is 0 Å². The van der Waals surface area contributed by atoms with E-state index >= 15 is 0 Å². The Balaban J connectivity index is 5.09. The van der Waals surface area contributed by atoms with Crippen LogP contribution in [-0.4, -0.2) is 40.4 Å². The second-order valence-electron chi connectivity index (χ2n) is 3.76. The minimum atomic E-state index is -5.13. The van der Waals surface area contributed by atoms with Gasteiger partial charge in [-0.25, -0.2) is 0 Å². The van der Waals surface area contributed by atoms with Crippen molar-refractivity contribution >= 4 is 22.8 Å². The van der Waals surface area contributed by atoms with Crippen LogP contribution >= 0.6 is 22.8 Å². The van der Waals surface area contributed by atoms with Gasteiger partial charge in [-0.05, 0) is 13.3 Å². The smallest absolute Gasteiger partial charge is 0.324 e. The van der Waals surface area contributed by atoms with Crippen molar-refractivity contribution < 1.29 is 43.1 Å². The van der Waals surface area contributed by atoms with Crippen molar-refractivity contribution in [2.45, 2.75) is 18.2 Å². The van der Waals surface area contributed by atoms with Crippen LogP contribution in [0.4, 0.5) is 0 Å². The molecule has 0 fully saturated rings. The normalized spacial score (nSPS) is 15.3. The Morgan fingerprint density at radius 1 is 0.944 bits per heavy atom. The van der Waals surface area contributed by atoms with Gasteiger partial charge in [0, 0.05) is 0 Å². The van der Waals surface area contributed by atoms with Crippen molar-refractivity contribution in [1.82, 2.24) is 0 Å². The molecule has 0 saturated carbocycles. The summed E-state index contributed by atoms with van der Waals surface area (Å²) in [6, 6.07) is 0. The molecule has 0 unspecified atom stereocenters. The second-order valence-corrected chi connectivity index (χ2v) is 9.93. The maximum atomic E-state index is 11.1. The highest BCUT2D eigenvalue weighted by Crippen LogP contribution is 2.69. The molecule has 0 amide bonds. The summed E-state index contributed by atoms with van der Waals surface area (Å²) in [4.78, 5) is 50.2. The monoisotopic (exact) mass is 324 g/mol. The molecular weight excluding hydrogens is 309 g/mol. The summed E-state index contributed by atoms with van der Waals surface area (Å²) in [5.74, 6) is 0. The van der Waals surface area contributed by atoms with Crippen molar-refractivity contribution in [2.75, 3.05) is 6.16 Å². The van der Waals surface area contributed by atoms with E-state index in [9.17, 15) is 13.7 Å². The predicted molar refractivity (Wildman–Crippen MR) is 63.2 cm³/mol. The lowest BCUT2D eigenvalue weighted by Crippen LogP contribution is -2.22. The fourth-order valence-corrected chi connectivity index (χ4v) is 3.36. The van der Waals surface area contributed by atoms with Crippen LogP contribution in [0.25, 0.3) is 0 Å². The average Bonchev–Trinajstić information content (AvgIpc) is 2.06. The third-order valence-electron chi connectivity index (χ3n) is 2.20. The van der Waals surface area contributed by atoms with Crippen molar-refractivity contribution in [2.24, 2.45) is 0 Å². The van der Waals surface area contributed by atoms with Crippen molar-refractivity contribution in [3.05, 3.63) is 12.2 Å². The topological polar surface area (TPSA) is 173 Å². The van der Waals surface area contributed by atoms with Gasteiger partial charge < -0.3 is 29.4 Å². The van der Waals surface area contributed by atoms with Crippen LogP contribution in [0.2, 0.25) is 0 Å². The molecular formula is C6H15O9P3. The van der Waals surface area contributed by atoms with Gasteiger partial charge in [-0.1, -0.05) is 12.2 Å². The maximum Gasteiger partial charge on any atom is 0.347 e. The molecule has 0 aliphatic heterocycles. The zero-order valence-corrected chi connectivity index (χ0v) is 12.0. The van der Waals surface area contributed by atoms with Gasteiger partial charge in [-0.15, -0.1) is 0 Å².